The van der Waals surface area contributed by atoms with Gasteiger partial charge in [-0.15, -0.1) is 0 Å². The van der Waals surface area contributed by atoms with E-state index < -0.39 is 0 Å². The Bertz CT molecular complexity index is 627. The van der Waals surface area contributed by atoms with E-state index in [9.17, 15) is 4.79 Å². The average molecular weight is 290 g/mol. The van der Waals surface area contributed by atoms with Crippen LogP contribution in [0.5, 0.6) is 0 Å². The zero-order valence-corrected chi connectivity index (χ0v) is 11.5. The number of para-hydroxylation sites is 1. The van der Waals surface area contributed by atoms with Gasteiger partial charge in [0.2, 0.25) is 0 Å². The molecule has 0 aliphatic carbocycles. The fourth-order valence-corrected chi connectivity index (χ4v) is 2.12. The summed E-state index contributed by atoms with van der Waals surface area (Å²) in [4.78, 5) is 18.1. The van der Waals surface area contributed by atoms with Crippen LogP contribution >= 0.6 is 0 Å². The van der Waals surface area contributed by atoms with E-state index in [0.29, 0.717) is 11.2 Å². The Hall–Kier alpha value is -2.22. The Morgan fingerprint density at radius 3 is 2.52 bits per heavy atom. The summed E-state index contributed by atoms with van der Waals surface area (Å²) in [6.45, 7) is -0.0821. The highest BCUT2D eigenvalue weighted by Gasteiger charge is 2.18. The molecule has 0 fully saturated rings. The number of rotatable bonds is 6. The molecule has 2 rings (SSSR count). The third-order valence-corrected chi connectivity index (χ3v) is 3.12. The average Bonchev–Trinajstić information content (AvgIpc) is 2.52. The molecule has 5 N–H and O–H groups in total. The van der Waals surface area contributed by atoms with Gasteiger partial charge in [-0.25, -0.2) is 4.98 Å². The maximum Gasteiger partial charge on any atom is 0.272 e. The molecule has 0 saturated heterocycles. The maximum absolute atomic E-state index is 12.4. The van der Waals surface area contributed by atoms with Crippen LogP contribution in [0, 0.1) is 0 Å². The molecule has 2 aromatic rings. The number of nitrogens with one attached hydrogen (secondary N) is 1. The van der Waals surface area contributed by atoms with Gasteiger partial charge in [0.25, 0.3) is 5.91 Å². The van der Waals surface area contributed by atoms with Crippen LogP contribution in [0.25, 0.3) is 10.9 Å². The van der Waals surface area contributed by atoms with E-state index in [1.165, 1.54) is 4.90 Å². The molecule has 1 aromatic carbocycles. The third-order valence-electron chi connectivity index (χ3n) is 3.12. The first-order chi connectivity index (χ1) is 10.2. The standard InChI is InChI=1S/C14H18N4O3/c15-17-12-9-13(14(21)18(5-7-19)6-8-20)16-11-4-2-1-3-10(11)12/h1-4,9,19-20H,5-8,15H2,(H,16,17). The number of aliphatic hydroxyl groups is 2. The van der Waals surface area contributed by atoms with E-state index in [2.05, 4.69) is 10.4 Å². The zero-order chi connectivity index (χ0) is 15.2. The van der Waals surface area contributed by atoms with Crippen LogP contribution in [0.15, 0.2) is 30.3 Å². The minimum absolute atomic E-state index is 0.138. The largest absolute Gasteiger partial charge is 0.395 e. The molecule has 0 bridgehead atoms. The number of carbonyl (C=O) groups is 1. The van der Waals surface area contributed by atoms with Crippen molar-refractivity contribution in [2.45, 2.75) is 0 Å². The second-order valence-corrected chi connectivity index (χ2v) is 4.46. The highest BCUT2D eigenvalue weighted by molar-refractivity contribution is 5.99. The van der Waals surface area contributed by atoms with Gasteiger partial charge in [0.15, 0.2) is 0 Å². The number of benzene rings is 1. The van der Waals surface area contributed by atoms with Gasteiger partial charge in [-0.2, -0.15) is 0 Å². The first-order valence-electron chi connectivity index (χ1n) is 6.58. The molecule has 21 heavy (non-hydrogen) atoms. The van der Waals surface area contributed by atoms with E-state index >= 15 is 0 Å². The highest BCUT2D eigenvalue weighted by Crippen LogP contribution is 2.22. The van der Waals surface area contributed by atoms with Crippen molar-refractivity contribution in [3.05, 3.63) is 36.0 Å². The molecule has 0 atom stereocenters. The summed E-state index contributed by atoms with van der Waals surface area (Å²) in [6, 6.07) is 8.88. The normalized spacial score (nSPS) is 10.6. The molecule has 0 saturated carbocycles. The number of nitrogens with zero attached hydrogens (tertiary/aromatic N) is 2. The molecular formula is C14H18N4O3. The molecule has 7 nitrogen and oxygen atoms in total. The fraction of sp³-hybridized carbons (Fsp3) is 0.286. The molecule has 0 aliphatic heterocycles. The summed E-state index contributed by atoms with van der Waals surface area (Å²) >= 11 is 0. The fourth-order valence-electron chi connectivity index (χ4n) is 2.12. The summed E-state index contributed by atoms with van der Waals surface area (Å²) in [7, 11) is 0. The van der Waals surface area contributed by atoms with Crippen molar-refractivity contribution in [3.8, 4) is 0 Å². The number of hydrazine groups is 1. The summed E-state index contributed by atoms with van der Waals surface area (Å²) in [5.74, 6) is 5.13. The number of amides is 1. The molecule has 7 heteroatoms. The Balaban J connectivity index is 2.43. The van der Waals surface area contributed by atoms with Crippen LogP contribution in [-0.4, -0.2) is 52.3 Å². The van der Waals surface area contributed by atoms with Gasteiger partial charge < -0.3 is 20.5 Å². The number of nitrogens with two attached hydrogens (primary N) is 1. The lowest BCUT2D eigenvalue weighted by atomic mass is 10.1. The van der Waals surface area contributed by atoms with E-state index in [0.717, 1.165) is 5.39 Å². The Morgan fingerprint density at radius 2 is 1.90 bits per heavy atom. The number of carbonyl (C=O) groups excluding carboxylic acids is 1. The first kappa shape index (κ1) is 15.2. The van der Waals surface area contributed by atoms with Crippen LogP contribution in [0.4, 0.5) is 5.69 Å². The van der Waals surface area contributed by atoms with Crippen LogP contribution in [0.1, 0.15) is 10.5 Å². The van der Waals surface area contributed by atoms with Crippen molar-refractivity contribution < 1.29 is 15.0 Å². The zero-order valence-electron chi connectivity index (χ0n) is 11.5. The lowest BCUT2D eigenvalue weighted by Crippen LogP contribution is -2.36. The Labute approximate surface area is 122 Å². The van der Waals surface area contributed by atoms with E-state index in [1.807, 2.05) is 18.2 Å². The monoisotopic (exact) mass is 290 g/mol. The summed E-state index contributed by atoms with van der Waals surface area (Å²) in [5.41, 5.74) is 4.01. The highest BCUT2D eigenvalue weighted by atomic mass is 16.3. The van der Waals surface area contributed by atoms with Crippen molar-refractivity contribution in [2.75, 3.05) is 31.7 Å². The van der Waals surface area contributed by atoms with Crippen LogP contribution in [0.2, 0.25) is 0 Å². The SMILES string of the molecule is NNc1cc(C(=O)N(CCO)CCO)nc2ccccc12. The van der Waals surface area contributed by atoms with Crippen molar-refractivity contribution in [2.24, 2.45) is 5.84 Å². The van der Waals surface area contributed by atoms with Gasteiger partial charge in [0.1, 0.15) is 5.69 Å². The molecular weight excluding hydrogens is 272 g/mol. The summed E-state index contributed by atoms with van der Waals surface area (Å²) in [6.07, 6.45) is 0. The summed E-state index contributed by atoms with van der Waals surface area (Å²) < 4.78 is 0. The van der Waals surface area contributed by atoms with Crippen molar-refractivity contribution in [3.63, 3.8) is 0 Å². The van der Waals surface area contributed by atoms with Gasteiger partial charge in [0.05, 0.1) is 24.4 Å². The molecule has 1 aromatic heterocycles. The smallest absolute Gasteiger partial charge is 0.272 e. The number of pyridine rings is 1. The lowest BCUT2D eigenvalue weighted by Gasteiger charge is -2.20. The number of anilines is 1. The van der Waals surface area contributed by atoms with Gasteiger partial charge in [-0.1, -0.05) is 18.2 Å². The quantitative estimate of drug-likeness (QED) is 0.438. The number of hydrogen-bond acceptors (Lipinski definition) is 6. The third kappa shape index (κ3) is 3.27. The van der Waals surface area contributed by atoms with Crippen molar-refractivity contribution in [1.29, 1.82) is 0 Å². The van der Waals surface area contributed by atoms with E-state index in [1.54, 1.807) is 12.1 Å². The van der Waals surface area contributed by atoms with Crippen LogP contribution < -0.4 is 11.3 Å². The van der Waals surface area contributed by atoms with Crippen molar-refractivity contribution in [1.82, 2.24) is 9.88 Å². The number of aromatic nitrogens is 1. The number of aliphatic hydroxyl groups excluding tert-OH is 2. The Morgan fingerprint density at radius 1 is 1.24 bits per heavy atom. The van der Waals surface area contributed by atoms with Crippen LogP contribution in [-0.2, 0) is 0 Å². The molecule has 0 unspecified atom stereocenters. The second-order valence-electron chi connectivity index (χ2n) is 4.46. The van der Waals surface area contributed by atoms with Crippen molar-refractivity contribution >= 4 is 22.5 Å². The topological polar surface area (TPSA) is 112 Å². The maximum atomic E-state index is 12.4. The second kappa shape index (κ2) is 6.98. The first-order valence-corrected chi connectivity index (χ1v) is 6.58. The van der Waals surface area contributed by atoms with Gasteiger partial charge in [-0.3, -0.25) is 10.6 Å². The van der Waals surface area contributed by atoms with Crippen LogP contribution in [0.3, 0.4) is 0 Å². The summed E-state index contributed by atoms with van der Waals surface area (Å²) in [5, 5.41) is 18.8. The predicted molar refractivity (Wildman–Crippen MR) is 79.6 cm³/mol. The molecule has 0 radical (unpaired) electrons. The van der Waals surface area contributed by atoms with Gasteiger partial charge >= 0.3 is 0 Å². The minimum atomic E-state index is -0.361. The van der Waals surface area contributed by atoms with Gasteiger partial charge in [0, 0.05) is 18.5 Å². The minimum Gasteiger partial charge on any atom is -0.395 e. The number of hydrogen-bond donors (Lipinski definition) is 4. The number of nitrogen functional groups attached to an aromatic ring is 1. The van der Waals surface area contributed by atoms with E-state index in [4.69, 9.17) is 16.1 Å². The molecule has 0 aliphatic rings. The molecule has 1 amide bonds. The van der Waals surface area contributed by atoms with E-state index in [-0.39, 0.29) is 37.9 Å². The molecule has 112 valence electrons. The predicted octanol–water partition coefficient (Wildman–Crippen LogP) is -0.0528. The van der Waals surface area contributed by atoms with Gasteiger partial charge in [-0.05, 0) is 12.1 Å². The Kier molecular flexibility index (Phi) is 5.04. The molecule has 1 heterocycles. The lowest BCUT2D eigenvalue weighted by molar-refractivity contribution is 0.0679. The molecule has 0 spiro atoms. The number of fused-ring (bicyclic) bond motifs is 1.